The largest absolute Gasteiger partial charge is 0.449 e. The zero-order chi connectivity index (χ0) is 17.8. The van der Waals surface area contributed by atoms with E-state index >= 15 is 0 Å². The van der Waals surface area contributed by atoms with Gasteiger partial charge in [-0.15, -0.1) is 0 Å². The second kappa shape index (κ2) is 7.13. The summed E-state index contributed by atoms with van der Waals surface area (Å²) in [4.78, 5) is 29.2. The number of carbonyl (C=O) groups is 2. The number of nitrogens with one attached hydrogen (secondary N) is 1. The van der Waals surface area contributed by atoms with Gasteiger partial charge in [-0.3, -0.25) is 9.78 Å². The summed E-state index contributed by atoms with van der Waals surface area (Å²) >= 11 is 0. The van der Waals surface area contributed by atoms with Gasteiger partial charge in [-0.1, -0.05) is 36.4 Å². The third-order valence-corrected chi connectivity index (χ3v) is 3.76. The fourth-order valence-corrected chi connectivity index (χ4v) is 2.52. The van der Waals surface area contributed by atoms with Crippen molar-refractivity contribution in [1.82, 2.24) is 4.98 Å². The van der Waals surface area contributed by atoms with Crippen LogP contribution in [0.5, 0.6) is 0 Å². The quantitative estimate of drug-likeness (QED) is 0.738. The SMILES string of the molecule is Cc1cc(C(=O)OC(C)C(=O)Nc2ccccc2)c2ccccc2n1. The van der Waals surface area contributed by atoms with Gasteiger partial charge in [-0.25, -0.2) is 4.79 Å². The first kappa shape index (κ1) is 16.6. The van der Waals surface area contributed by atoms with Crippen LogP contribution in [0.4, 0.5) is 5.69 Å². The van der Waals surface area contributed by atoms with Gasteiger partial charge in [0.1, 0.15) is 0 Å². The molecule has 1 amide bonds. The fraction of sp³-hybridized carbons (Fsp3) is 0.150. The number of hydrogen-bond acceptors (Lipinski definition) is 4. The van der Waals surface area contributed by atoms with Crippen LogP contribution in [-0.2, 0) is 9.53 Å². The predicted molar refractivity (Wildman–Crippen MR) is 96.4 cm³/mol. The summed E-state index contributed by atoms with van der Waals surface area (Å²) < 4.78 is 5.35. The number of fused-ring (bicyclic) bond motifs is 1. The van der Waals surface area contributed by atoms with Crippen molar-refractivity contribution in [1.29, 1.82) is 0 Å². The highest BCUT2D eigenvalue weighted by Gasteiger charge is 2.21. The smallest absolute Gasteiger partial charge is 0.339 e. The number of rotatable bonds is 4. The van der Waals surface area contributed by atoms with Crippen molar-refractivity contribution < 1.29 is 14.3 Å². The molecule has 0 bridgehead atoms. The molecule has 3 rings (SSSR count). The lowest BCUT2D eigenvalue weighted by Crippen LogP contribution is -2.30. The summed E-state index contributed by atoms with van der Waals surface area (Å²) in [5, 5.41) is 3.42. The molecule has 0 aliphatic carbocycles. The Bertz CT molecular complexity index is 923. The molecular weight excluding hydrogens is 316 g/mol. The van der Waals surface area contributed by atoms with E-state index in [1.54, 1.807) is 25.1 Å². The number of anilines is 1. The maximum Gasteiger partial charge on any atom is 0.339 e. The lowest BCUT2D eigenvalue weighted by Gasteiger charge is -2.14. The van der Waals surface area contributed by atoms with Crippen molar-refractivity contribution >= 4 is 28.5 Å². The average molecular weight is 334 g/mol. The van der Waals surface area contributed by atoms with Crippen LogP contribution in [0.2, 0.25) is 0 Å². The van der Waals surface area contributed by atoms with Gasteiger partial charge in [-0.05, 0) is 38.1 Å². The third-order valence-electron chi connectivity index (χ3n) is 3.76. The molecule has 25 heavy (non-hydrogen) atoms. The van der Waals surface area contributed by atoms with E-state index in [0.717, 1.165) is 5.52 Å². The number of nitrogens with zero attached hydrogens (tertiary/aromatic N) is 1. The molecule has 1 heterocycles. The number of aryl methyl sites for hydroxylation is 1. The van der Waals surface area contributed by atoms with Crippen molar-refractivity contribution in [3.63, 3.8) is 0 Å². The first-order chi connectivity index (χ1) is 12.0. The highest BCUT2D eigenvalue weighted by Crippen LogP contribution is 2.19. The number of pyridine rings is 1. The highest BCUT2D eigenvalue weighted by atomic mass is 16.5. The van der Waals surface area contributed by atoms with Gasteiger partial charge in [0.25, 0.3) is 5.91 Å². The number of para-hydroxylation sites is 2. The summed E-state index contributed by atoms with van der Waals surface area (Å²) in [5.74, 6) is -0.924. The first-order valence-electron chi connectivity index (χ1n) is 7.98. The van der Waals surface area contributed by atoms with Crippen molar-refractivity contribution in [2.24, 2.45) is 0 Å². The summed E-state index contributed by atoms with van der Waals surface area (Å²) in [6.45, 7) is 3.36. The molecule has 0 spiro atoms. The Morgan fingerprint density at radius 2 is 1.72 bits per heavy atom. The maximum absolute atomic E-state index is 12.5. The van der Waals surface area contributed by atoms with Crippen LogP contribution in [0, 0.1) is 6.92 Å². The second-order valence-electron chi connectivity index (χ2n) is 5.73. The molecule has 1 aromatic heterocycles. The Labute approximate surface area is 145 Å². The minimum Gasteiger partial charge on any atom is -0.449 e. The van der Waals surface area contributed by atoms with Crippen molar-refractivity contribution in [2.75, 3.05) is 5.32 Å². The third kappa shape index (κ3) is 3.83. The maximum atomic E-state index is 12.5. The van der Waals surface area contributed by atoms with Gasteiger partial charge >= 0.3 is 5.97 Å². The van der Waals surface area contributed by atoms with E-state index in [1.807, 2.05) is 49.4 Å². The molecule has 0 aliphatic rings. The number of benzene rings is 2. The normalized spacial score (nSPS) is 11.8. The predicted octanol–water partition coefficient (Wildman–Crippen LogP) is 3.73. The molecule has 0 saturated carbocycles. The topological polar surface area (TPSA) is 68.3 Å². The van der Waals surface area contributed by atoms with Gasteiger partial charge < -0.3 is 10.1 Å². The monoisotopic (exact) mass is 334 g/mol. The lowest BCUT2D eigenvalue weighted by molar-refractivity contribution is -0.123. The zero-order valence-electron chi connectivity index (χ0n) is 14.0. The van der Waals surface area contributed by atoms with Gasteiger partial charge in [0.05, 0.1) is 11.1 Å². The molecule has 5 nitrogen and oxygen atoms in total. The first-order valence-corrected chi connectivity index (χ1v) is 7.98. The molecule has 0 saturated heterocycles. The Morgan fingerprint density at radius 3 is 2.48 bits per heavy atom. The number of carbonyl (C=O) groups excluding carboxylic acids is 2. The van der Waals surface area contributed by atoms with E-state index in [-0.39, 0.29) is 5.91 Å². The highest BCUT2D eigenvalue weighted by molar-refractivity contribution is 6.05. The number of aromatic nitrogens is 1. The van der Waals surface area contributed by atoms with E-state index in [1.165, 1.54) is 0 Å². The molecule has 0 radical (unpaired) electrons. The van der Waals surface area contributed by atoms with Gasteiger partial charge in [-0.2, -0.15) is 0 Å². The second-order valence-corrected chi connectivity index (χ2v) is 5.73. The molecule has 3 aromatic rings. The molecular formula is C20H18N2O3. The van der Waals surface area contributed by atoms with Crippen molar-refractivity contribution in [3.8, 4) is 0 Å². The van der Waals surface area contributed by atoms with E-state index in [9.17, 15) is 9.59 Å². The van der Waals surface area contributed by atoms with Crippen LogP contribution >= 0.6 is 0 Å². The number of esters is 1. The van der Waals surface area contributed by atoms with Crippen LogP contribution in [0.25, 0.3) is 10.9 Å². The lowest BCUT2D eigenvalue weighted by atomic mass is 10.1. The number of amides is 1. The minimum absolute atomic E-state index is 0.380. The van der Waals surface area contributed by atoms with E-state index < -0.39 is 12.1 Å². The van der Waals surface area contributed by atoms with Gasteiger partial charge in [0.2, 0.25) is 0 Å². The summed E-state index contributed by atoms with van der Waals surface area (Å²) in [5.41, 5.74) is 2.49. The van der Waals surface area contributed by atoms with E-state index in [0.29, 0.717) is 22.3 Å². The molecule has 5 heteroatoms. The number of ether oxygens (including phenoxy) is 1. The molecule has 0 aliphatic heterocycles. The van der Waals surface area contributed by atoms with Crippen LogP contribution in [0.1, 0.15) is 23.0 Å². The summed E-state index contributed by atoms with van der Waals surface area (Å²) in [6, 6.07) is 18.1. The molecule has 1 N–H and O–H groups in total. The van der Waals surface area contributed by atoms with Gasteiger partial charge in [0, 0.05) is 16.8 Å². The standard InChI is InChI=1S/C20H18N2O3/c1-13-12-17(16-10-6-7-11-18(16)21-13)20(24)25-14(2)19(23)22-15-8-4-3-5-9-15/h3-12,14H,1-2H3,(H,22,23). The molecule has 126 valence electrons. The van der Waals surface area contributed by atoms with Crippen LogP contribution in [0.3, 0.4) is 0 Å². The molecule has 1 unspecified atom stereocenters. The van der Waals surface area contributed by atoms with Gasteiger partial charge in [0.15, 0.2) is 6.10 Å². The zero-order valence-corrected chi connectivity index (χ0v) is 14.0. The van der Waals surface area contributed by atoms with Crippen LogP contribution in [0.15, 0.2) is 60.7 Å². The number of hydrogen-bond donors (Lipinski definition) is 1. The van der Waals surface area contributed by atoms with Crippen molar-refractivity contribution in [2.45, 2.75) is 20.0 Å². The van der Waals surface area contributed by atoms with Crippen LogP contribution in [-0.4, -0.2) is 23.0 Å². The molecule has 0 fully saturated rings. The van der Waals surface area contributed by atoms with E-state index in [2.05, 4.69) is 10.3 Å². The fourth-order valence-electron chi connectivity index (χ4n) is 2.52. The average Bonchev–Trinajstić information content (AvgIpc) is 2.61. The Hall–Kier alpha value is -3.21. The Kier molecular flexibility index (Phi) is 4.75. The molecule has 1 atom stereocenters. The van der Waals surface area contributed by atoms with E-state index in [4.69, 9.17) is 4.74 Å². The van der Waals surface area contributed by atoms with Crippen LogP contribution < -0.4 is 5.32 Å². The summed E-state index contributed by atoms with van der Waals surface area (Å²) in [6.07, 6.45) is -0.917. The Balaban J connectivity index is 1.77. The molecule has 2 aromatic carbocycles. The minimum atomic E-state index is -0.917. The summed E-state index contributed by atoms with van der Waals surface area (Å²) in [7, 11) is 0. The van der Waals surface area contributed by atoms with Crippen molar-refractivity contribution in [3.05, 3.63) is 71.9 Å². The Morgan fingerprint density at radius 1 is 1.04 bits per heavy atom.